The Morgan fingerprint density at radius 1 is 0.972 bits per heavy atom. The second-order valence-electron chi connectivity index (χ2n) is 8.95. The van der Waals surface area contributed by atoms with Gasteiger partial charge in [0.05, 0.1) is 19.1 Å². The molecule has 0 aliphatic carbocycles. The van der Waals surface area contributed by atoms with E-state index >= 15 is 0 Å². The minimum atomic E-state index is -1.00. The van der Waals surface area contributed by atoms with E-state index < -0.39 is 23.9 Å². The number of fused-ring (bicyclic) bond motifs is 1. The maximum Gasteiger partial charge on any atom is 0.312 e. The summed E-state index contributed by atoms with van der Waals surface area (Å²) in [6.07, 6.45) is -0.986. The molecular formula is C26H29N3O7. The Labute approximate surface area is 209 Å². The zero-order chi connectivity index (χ0) is 25.1. The number of carbonyl (C=O) groups is 3. The van der Waals surface area contributed by atoms with Crippen molar-refractivity contribution in [2.75, 3.05) is 61.2 Å². The molecular weight excluding hydrogens is 466 g/mol. The molecule has 36 heavy (non-hydrogen) atoms. The van der Waals surface area contributed by atoms with E-state index in [0.717, 1.165) is 18.8 Å². The third-order valence-electron chi connectivity index (χ3n) is 6.47. The molecule has 0 saturated carbocycles. The smallest absolute Gasteiger partial charge is 0.312 e. The highest BCUT2D eigenvalue weighted by Crippen LogP contribution is 2.36. The van der Waals surface area contributed by atoms with Gasteiger partial charge in [-0.2, -0.15) is 0 Å². The Morgan fingerprint density at radius 2 is 1.67 bits per heavy atom. The summed E-state index contributed by atoms with van der Waals surface area (Å²) in [4.78, 5) is 41.7. The van der Waals surface area contributed by atoms with E-state index in [1.165, 1.54) is 11.8 Å². The van der Waals surface area contributed by atoms with Gasteiger partial charge in [0.25, 0.3) is 5.91 Å². The van der Waals surface area contributed by atoms with E-state index in [-0.39, 0.29) is 18.9 Å². The molecule has 1 N–H and O–H groups in total. The van der Waals surface area contributed by atoms with Crippen LogP contribution in [0.5, 0.6) is 11.5 Å². The summed E-state index contributed by atoms with van der Waals surface area (Å²) in [5, 5.41) is 2.78. The van der Waals surface area contributed by atoms with Crippen LogP contribution in [0.1, 0.15) is 13.3 Å². The summed E-state index contributed by atoms with van der Waals surface area (Å²) in [5.41, 5.74) is 2.30. The van der Waals surface area contributed by atoms with Gasteiger partial charge in [-0.25, -0.2) is 0 Å². The van der Waals surface area contributed by atoms with Gasteiger partial charge in [-0.3, -0.25) is 14.4 Å². The van der Waals surface area contributed by atoms with Gasteiger partial charge in [0.2, 0.25) is 5.91 Å². The minimum absolute atomic E-state index is 0.0185. The van der Waals surface area contributed by atoms with Crippen LogP contribution in [-0.4, -0.2) is 69.9 Å². The zero-order valence-electron chi connectivity index (χ0n) is 20.1. The summed E-state index contributed by atoms with van der Waals surface area (Å²) in [6.45, 7) is 5.67. The number of nitrogens with zero attached hydrogens (tertiary/aromatic N) is 2. The van der Waals surface area contributed by atoms with E-state index in [1.807, 2.05) is 24.3 Å². The van der Waals surface area contributed by atoms with Crippen LogP contribution in [0.2, 0.25) is 0 Å². The molecule has 2 atom stereocenters. The molecule has 0 radical (unpaired) electrons. The molecule has 2 aromatic carbocycles. The number of amides is 2. The van der Waals surface area contributed by atoms with Crippen LogP contribution in [-0.2, 0) is 23.9 Å². The van der Waals surface area contributed by atoms with Gasteiger partial charge >= 0.3 is 5.97 Å². The first kappa shape index (κ1) is 23.9. The van der Waals surface area contributed by atoms with E-state index in [1.54, 1.807) is 18.2 Å². The third kappa shape index (κ3) is 5.23. The monoisotopic (exact) mass is 495 g/mol. The van der Waals surface area contributed by atoms with Gasteiger partial charge < -0.3 is 34.1 Å². The predicted octanol–water partition coefficient (Wildman–Crippen LogP) is 2.22. The second kappa shape index (κ2) is 10.4. The molecule has 10 nitrogen and oxygen atoms in total. The highest BCUT2D eigenvalue weighted by molar-refractivity contribution is 6.00. The summed E-state index contributed by atoms with van der Waals surface area (Å²) in [7, 11) is 0. The topological polar surface area (TPSA) is 107 Å². The lowest BCUT2D eigenvalue weighted by Gasteiger charge is -2.29. The fraction of sp³-hybridized carbons (Fsp3) is 0.423. The highest BCUT2D eigenvalue weighted by atomic mass is 16.6. The van der Waals surface area contributed by atoms with Gasteiger partial charge in [0.15, 0.2) is 17.6 Å². The van der Waals surface area contributed by atoms with Crippen molar-refractivity contribution in [2.24, 2.45) is 5.92 Å². The molecule has 2 amide bonds. The predicted molar refractivity (Wildman–Crippen MR) is 132 cm³/mol. The number of anilines is 3. The number of hydrogen-bond donors (Lipinski definition) is 1. The van der Waals surface area contributed by atoms with Crippen molar-refractivity contribution >= 4 is 34.8 Å². The van der Waals surface area contributed by atoms with Gasteiger partial charge in [-0.15, -0.1) is 0 Å². The Kier molecular flexibility index (Phi) is 6.95. The van der Waals surface area contributed by atoms with Crippen molar-refractivity contribution in [1.29, 1.82) is 0 Å². The molecule has 2 fully saturated rings. The molecule has 2 aromatic rings. The SMILES string of the molecule is C[C@@H](OC(=O)[C@H]1CC(=O)N(c2ccc3c(c2)OCCO3)C1)C(=O)Nc1ccc(N2CCOCC2)cc1. The van der Waals surface area contributed by atoms with Crippen LogP contribution >= 0.6 is 0 Å². The quantitative estimate of drug-likeness (QED) is 0.608. The average Bonchev–Trinajstić information content (AvgIpc) is 3.31. The Morgan fingerprint density at radius 3 is 2.42 bits per heavy atom. The van der Waals surface area contributed by atoms with E-state index in [0.29, 0.717) is 49.3 Å². The molecule has 3 heterocycles. The molecule has 3 aliphatic heterocycles. The first-order chi connectivity index (χ1) is 17.5. The number of nitrogens with one attached hydrogen (secondary N) is 1. The number of rotatable bonds is 6. The molecule has 0 bridgehead atoms. The highest BCUT2D eigenvalue weighted by Gasteiger charge is 2.37. The summed E-state index contributed by atoms with van der Waals surface area (Å²) in [5.74, 6) is -0.659. The van der Waals surface area contributed by atoms with Crippen LogP contribution in [0, 0.1) is 5.92 Å². The standard InChI is InChI=1S/C26H29N3O7/c1-17(25(31)27-19-2-4-20(5-3-19)28-8-10-33-11-9-28)36-26(32)18-14-24(30)29(16-18)21-6-7-22-23(15-21)35-13-12-34-22/h2-7,15,17-18H,8-14,16H2,1H3,(H,27,31)/t17-,18+/m1/s1. The number of carbonyl (C=O) groups excluding carboxylic acids is 3. The second-order valence-corrected chi connectivity index (χ2v) is 8.95. The molecule has 190 valence electrons. The van der Waals surface area contributed by atoms with Crippen LogP contribution in [0.15, 0.2) is 42.5 Å². The first-order valence-electron chi connectivity index (χ1n) is 12.1. The minimum Gasteiger partial charge on any atom is -0.486 e. The lowest BCUT2D eigenvalue weighted by atomic mass is 10.1. The summed E-state index contributed by atoms with van der Waals surface area (Å²) < 4.78 is 21.9. The lowest BCUT2D eigenvalue weighted by molar-refractivity contribution is -0.157. The van der Waals surface area contributed by atoms with Gasteiger partial charge in [0.1, 0.15) is 13.2 Å². The van der Waals surface area contributed by atoms with Gasteiger partial charge in [0, 0.05) is 49.2 Å². The molecule has 5 rings (SSSR count). The van der Waals surface area contributed by atoms with E-state index in [4.69, 9.17) is 18.9 Å². The normalized spacial score (nSPS) is 20.1. The number of ether oxygens (including phenoxy) is 4. The van der Waals surface area contributed by atoms with Gasteiger partial charge in [-0.1, -0.05) is 0 Å². The first-order valence-corrected chi connectivity index (χ1v) is 12.1. The van der Waals surface area contributed by atoms with Gasteiger partial charge in [-0.05, 0) is 43.3 Å². The van der Waals surface area contributed by atoms with Crippen LogP contribution in [0.4, 0.5) is 17.1 Å². The Hall–Kier alpha value is -3.79. The number of benzene rings is 2. The maximum atomic E-state index is 12.7. The fourth-order valence-corrected chi connectivity index (χ4v) is 4.46. The van der Waals surface area contributed by atoms with Crippen LogP contribution in [0.3, 0.4) is 0 Å². The van der Waals surface area contributed by atoms with Crippen molar-refractivity contribution in [3.63, 3.8) is 0 Å². The number of hydrogen-bond acceptors (Lipinski definition) is 8. The number of morpholine rings is 1. The number of esters is 1. The molecule has 2 saturated heterocycles. The lowest BCUT2D eigenvalue weighted by Crippen LogP contribution is -2.36. The molecule has 10 heteroatoms. The van der Waals surface area contributed by atoms with E-state index in [2.05, 4.69) is 10.2 Å². The molecule has 3 aliphatic rings. The van der Waals surface area contributed by atoms with Crippen LogP contribution < -0.4 is 24.6 Å². The summed E-state index contributed by atoms with van der Waals surface area (Å²) >= 11 is 0. The van der Waals surface area contributed by atoms with E-state index in [9.17, 15) is 14.4 Å². The van der Waals surface area contributed by atoms with Crippen molar-refractivity contribution in [2.45, 2.75) is 19.4 Å². The average molecular weight is 496 g/mol. The largest absolute Gasteiger partial charge is 0.486 e. The maximum absolute atomic E-state index is 12.7. The van der Waals surface area contributed by atoms with Crippen molar-refractivity contribution in [3.05, 3.63) is 42.5 Å². The Balaban J connectivity index is 1.14. The van der Waals surface area contributed by atoms with Crippen molar-refractivity contribution in [3.8, 4) is 11.5 Å². The zero-order valence-corrected chi connectivity index (χ0v) is 20.1. The van der Waals surface area contributed by atoms with Crippen molar-refractivity contribution in [1.82, 2.24) is 0 Å². The molecule has 0 aromatic heterocycles. The van der Waals surface area contributed by atoms with Crippen LogP contribution in [0.25, 0.3) is 0 Å². The third-order valence-corrected chi connectivity index (χ3v) is 6.47. The van der Waals surface area contributed by atoms with Crippen molar-refractivity contribution < 1.29 is 33.3 Å². The summed E-state index contributed by atoms with van der Waals surface area (Å²) in [6, 6.07) is 12.8. The fourth-order valence-electron chi connectivity index (χ4n) is 4.46. The molecule has 0 spiro atoms. The molecule has 0 unspecified atom stereocenters. The Bertz CT molecular complexity index is 1130.